The second-order valence-electron chi connectivity index (χ2n) is 7.79. The number of pyridine rings is 1. The Morgan fingerprint density at radius 3 is 2.50 bits per heavy atom. The van der Waals surface area contributed by atoms with Crippen molar-refractivity contribution in [1.82, 2.24) is 14.9 Å². The summed E-state index contributed by atoms with van der Waals surface area (Å²) in [6, 6.07) is 21.3. The van der Waals surface area contributed by atoms with Gasteiger partial charge in [-0.3, -0.25) is 4.98 Å². The van der Waals surface area contributed by atoms with Gasteiger partial charge in [0, 0.05) is 24.2 Å². The van der Waals surface area contributed by atoms with E-state index in [1.165, 1.54) is 6.07 Å². The van der Waals surface area contributed by atoms with Crippen molar-refractivity contribution in [3.05, 3.63) is 102 Å². The molecule has 2 atom stereocenters. The van der Waals surface area contributed by atoms with Crippen LogP contribution in [0.3, 0.4) is 0 Å². The van der Waals surface area contributed by atoms with E-state index in [0.717, 1.165) is 17.1 Å². The number of nitrogens with one attached hydrogen (secondary N) is 1. The fourth-order valence-electron chi connectivity index (χ4n) is 4.40. The lowest BCUT2D eigenvalue weighted by Crippen LogP contribution is -2.30. The Morgan fingerprint density at radius 2 is 1.76 bits per heavy atom. The first-order valence-electron chi connectivity index (χ1n) is 10.8. The van der Waals surface area contributed by atoms with Gasteiger partial charge in [-0.25, -0.2) is 4.39 Å². The summed E-state index contributed by atoms with van der Waals surface area (Å²) in [6.45, 7) is 0. The van der Waals surface area contributed by atoms with Gasteiger partial charge in [0.1, 0.15) is 23.4 Å². The highest BCUT2D eigenvalue weighted by molar-refractivity contribution is 7.80. The van der Waals surface area contributed by atoms with E-state index in [1.54, 1.807) is 32.5 Å². The van der Waals surface area contributed by atoms with Gasteiger partial charge >= 0.3 is 0 Å². The minimum absolute atomic E-state index is 0.277. The number of anilines is 1. The van der Waals surface area contributed by atoms with Gasteiger partial charge < -0.3 is 24.3 Å². The molecule has 2 aromatic carbocycles. The molecule has 1 saturated heterocycles. The highest BCUT2D eigenvalue weighted by atomic mass is 32.1. The van der Waals surface area contributed by atoms with Gasteiger partial charge in [-0.15, -0.1) is 0 Å². The molecule has 0 radical (unpaired) electrons. The van der Waals surface area contributed by atoms with Gasteiger partial charge in [-0.1, -0.05) is 18.2 Å². The Hall–Kier alpha value is -3.91. The number of halogens is 1. The molecule has 34 heavy (non-hydrogen) atoms. The Kier molecular flexibility index (Phi) is 5.90. The third kappa shape index (κ3) is 3.76. The Bertz CT molecular complexity index is 1330. The molecule has 3 heterocycles. The van der Waals surface area contributed by atoms with E-state index in [9.17, 15) is 4.39 Å². The van der Waals surface area contributed by atoms with Crippen LogP contribution in [0.25, 0.3) is 5.69 Å². The molecule has 0 amide bonds. The van der Waals surface area contributed by atoms with Crippen LogP contribution in [0.15, 0.2) is 85.2 Å². The molecule has 0 bridgehead atoms. The Balaban J connectivity index is 1.70. The second-order valence-corrected chi connectivity index (χ2v) is 8.18. The lowest BCUT2D eigenvalue weighted by Gasteiger charge is -2.30. The van der Waals surface area contributed by atoms with Crippen molar-refractivity contribution in [3.63, 3.8) is 0 Å². The third-order valence-electron chi connectivity index (χ3n) is 5.94. The number of thiocarbonyl (C=S) groups is 1. The van der Waals surface area contributed by atoms with E-state index in [-0.39, 0.29) is 17.9 Å². The maximum Gasteiger partial charge on any atom is 0.174 e. The third-order valence-corrected chi connectivity index (χ3v) is 6.25. The number of benzene rings is 2. The van der Waals surface area contributed by atoms with Crippen molar-refractivity contribution in [2.45, 2.75) is 12.1 Å². The molecular formula is C26H23FN4O2S. The molecule has 0 spiro atoms. The maximum atomic E-state index is 14.8. The van der Waals surface area contributed by atoms with Crippen LogP contribution in [0.1, 0.15) is 23.5 Å². The zero-order chi connectivity index (χ0) is 23.7. The highest BCUT2D eigenvalue weighted by Crippen LogP contribution is 2.45. The number of aromatic nitrogens is 2. The van der Waals surface area contributed by atoms with Gasteiger partial charge in [0.15, 0.2) is 5.11 Å². The molecule has 5 rings (SSSR count). The molecule has 1 aliphatic rings. The molecule has 8 heteroatoms. The molecule has 172 valence electrons. The van der Waals surface area contributed by atoms with Crippen LogP contribution in [-0.4, -0.2) is 28.9 Å². The monoisotopic (exact) mass is 474 g/mol. The fourth-order valence-corrected chi connectivity index (χ4v) is 4.74. The zero-order valence-electron chi connectivity index (χ0n) is 18.7. The van der Waals surface area contributed by atoms with E-state index in [1.807, 2.05) is 70.3 Å². The molecule has 1 fully saturated rings. The van der Waals surface area contributed by atoms with Gasteiger partial charge in [-0.2, -0.15) is 0 Å². The summed E-state index contributed by atoms with van der Waals surface area (Å²) in [4.78, 5) is 6.59. The minimum Gasteiger partial charge on any atom is -0.497 e. The van der Waals surface area contributed by atoms with Crippen LogP contribution in [0.2, 0.25) is 0 Å². The molecule has 6 nitrogen and oxygen atoms in total. The van der Waals surface area contributed by atoms with Crippen LogP contribution in [-0.2, 0) is 0 Å². The SMILES string of the molecule is COc1ccc(N2C(=S)N[C@@H](c3ccccn3)[C@H]2c2cccn2-c2ccccc2F)c(OC)c1. The second kappa shape index (κ2) is 9.15. The first kappa shape index (κ1) is 21.9. The average molecular weight is 475 g/mol. The number of hydrogen-bond acceptors (Lipinski definition) is 4. The summed E-state index contributed by atoms with van der Waals surface area (Å²) >= 11 is 5.82. The number of nitrogens with zero attached hydrogens (tertiary/aromatic N) is 3. The lowest BCUT2D eigenvalue weighted by atomic mass is 10.0. The molecule has 1 aliphatic heterocycles. The van der Waals surface area contributed by atoms with Crippen molar-refractivity contribution in [2.24, 2.45) is 0 Å². The normalized spacial score (nSPS) is 17.5. The molecule has 2 aromatic heterocycles. The number of para-hydroxylation sites is 1. The summed E-state index contributed by atoms with van der Waals surface area (Å²) in [5, 5.41) is 3.95. The maximum absolute atomic E-state index is 14.8. The molecular weight excluding hydrogens is 451 g/mol. The van der Waals surface area contributed by atoms with E-state index < -0.39 is 0 Å². The summed E-state index contributed by atoms with van der Waals surface area (Å²) in [7, 11) is 3.22. The van der Waals surface area contributed by atoms with Crippen LogP contribution in [0, 0.1) is 5.82 Å². The summed E-state index contributed by atoms with van der Waals surface area (Å²) in [5.41, 5.74) is 2.91. The number of rotatable bonds is 6. The molecule has 0 aliphatic carbocycles. The summed E-state index contributed by atoms with van der Waals surface area (Å²) in [5.74, 6) is 0.974. The first-order chi connectivity index (χ1) is 16.6. The summed E-state index contributed by atoms with van der Waals surface area (Å²) in [6.07, 6.45) is 3.61. The fraction of sp³-hybridized carbons (Fsp3) is 0.154. The smallest absolute Gasteiger partial charge is 0.174 e. The van der Waals surface area contributed by atoms with Crippen molar-refractivity contribution in [1.29, 1.82) is 0 Å². The molecule has 4 aromatic rings. The van der Waals surface area contributed by atoms with Gasteiger partial charge in [0.2, 0.25) is 0 Å². The van der Waals surface area contributed by atoms with Gasteiger partial charge in [-0.05, 0) is 60.7 Å². The average Bonchev–Trinajstić information content (AvgIpc) is 3.48. The minimum atomic E-state index is -0.334. The predicted molar refractivity (Wildman–Crippen MR) is 133 cm³/mol. The quantitative estimate of drug-likeness (QED) is 0.388. The lowest BCUT2D eigenvalue weighted by molar-refractivity contribution is 0.394. The van der Waals surface area contributed by atoms with E-state index in [4.69, 9.17) is 21.7 Å². The van der Waals surface area contributed by atoms with Crippen LogP contribution >= 0.6 is 12.2 Å². The van der Waals surface area contributed by atoms with Crippen molar-refractivity contribution >= 4 is 23.0 Å². The topological polar surface area (TPSA) is 51.5 Å². The molecule has 0 unspecified atom stereocenters. The standard InChI is InChI=1S/C26H23FN4O2S/c1-32-17-12-13-21(23(16-17)33-2)31-25(24(29-26(31)34)19-9-5-6-14-28-19)22-11-7-15-30(22)20-10-4-3-8-18(20)27/h3-16,24-25H,1-2H3,(H,29,34)/t24-,25+/m0/s1. The number of hydrogen-bond donors (Lipinski definition) is 1. The Morgan fingerprint density at radius 1 is 0.941 bits per heavy atom. The van der Waals surface area contributed by atoms with Crippen molar-refractivity contribution in [2.75, 3.05) is 19.1 Å². The Labute approximate surface area is 202 Å². The number of methoxy groups -OCH3 is 2. The van der Waals surface area contributed by atoms with E-state index in [2.05, 4.69) is 10.3 Å². The number of ether oxygens (including phenoxy) is 2. The van der Waals surface area contributed by atoms with E-state index in [0.29, 0.717) is 22.3 Å². The highest BCUT2D eigenvalue weighted by Gasteiger charge is 2.43. The van der Waals surface area contributed by atoms with Crippen LogP contribution in [0.5, 0.6) is 11.5 Å². The molecule has 0 saturated carbocycles. The van der Waals surface area contributed by atoms with Crippen LogP contribution < -0.4 is 19.7 Å². The van der Waals surface area contributed by atoms with Crippen molar-refractivity contribution < 1.29 is 13.9 Å². The van der Waals surface area contributed by atoms with Gasteiger partial charge in [0.05, 0.1) is 37.3 Å². The zero-order valence-corrected chi connectivity index (χ0v) is 19.5. The van der Waals surface area contributed by atoms with E-state index >= 15 is 0 Å². The van der Waals surface area contributed by atoms with Crippen LogP contribution in [0.4, 0.5) is 10.1 Å². The predicted octanol–water partition coefficient (Wildman–Crippen LogP) is 5.21. The molecule has 1 N–H and O–H groups in total. The largest absolute Gasteiger partial charge is 0.497 e. The van der Waals surface area contributed by atoms with Crippen molar-refractivity contribution in [3.8, 4) is 17.2 Å². The summed E-state index contributed by atoms with van der Waals surface area (Å²) < 4.78 is 27.7. The van der Waals surface area contributed by atoms with Gasteiger partial charge in [0.25, 0.3) is 0 Å². The first-order valence-corrected chi connectivity index (χ1v) is 11.2.